The first-order chi connectivity index (χ1) is 8.34. The third kappa shape index (κ3) is 2.70. The minimum atomic E-state index is -4.35. The Morgan fingerprint density at radius 1 is 1.28 bits per heavy atom. The summed E-state index contributed by atoms with van der Waals surface area (Å²) in [7, 11) is 0. The van der Waals surface area contributed by atoms with Crippen LogP contribution in [-0.2, 0) is 11.1 Å². The van der Waals surface area contributed by atoms with Gasteiger partial charge in [-0.2, -0.15) is 8.78 Å². The molecule has 18 heavy (non-hydrogen) atoms. The lowest BCUT2D eigenvalue weighted by atomic mass is 10.0. The molecule has 0 fully saturated rings. The quantitative estimate of drug-likeness (QED) is 0.831. The lowest BCUT2D eigenvalue weighted by molar-refractivity contribution is 0.00259. The third-order valence-electron chi connectivity index (χ3n) is 2.37. The molecule has 2 nitrogen and oxygen atoms in total. The molecule has 0 amide bonds. The van der Waals surface area contributed by atoms with Crippen LogP contribution < -0.4 is 0 Å². The van der Waals surface area contributed by atoms with Crippen molar-refractivity contribution in [3.8, 4) is 0 Å². The Morgan fingerprint density at radius 2 is 1.83 bits per heavy atom. The molecule has 0 bridgehead atoms. The standard InChI is InChI=1S/C12H11F3O2S/c1-3-8-5-6-10(7-9(8)4-2)11(13)12(14,15)18(16)17/h3-7,11H,1-2H2,(H,16,17). The number of benzene rings is 1. The Hall–Kier alpha value is -1.40. The molecular weight excluding hydrogens is 265 g/mol. The highest BCUT2D eigenvalue weighted by atomic mass is 32.2. The number of hydrogen-bond donors (Lipinski definition) is 1. The van der Waals surface area contributed by atoms with Crippen LogP contribution in [0.25, 0.3) is 12.2 Å². The van der Waals surface area contributed by atoms with Crippen LogP contribution in [0.4, 0.5) is 13.2 Å². The Balaban J connectivity index is 3.22. The van der Waals surface area contributed by atoms with E-state index in [2.05, 4.69) is 13.2 Å². The van der Waals surface area contributed by atoms with E-state index in [1.165, 1.54) is 18.2 Å². The van der Waals surface area contributed by atoms with Gasteiger partial charge in [-0.25, -0.2) is 8.60 Å². The van der Waals surface area contributed by atoms with Crippen molar-refractivity contribution < 1.29 is 21.9 Å². The summed E-state index contributed by atoms with van der Waals surface area (Å²) in [5, 5.41) is -4.35. The minimum Gasteiger partial charge on any atom is -0.301 e. The second-order valence-electron chi connectivity index (χ2n) is 3.47. The maximum Gasteiger partial charge on any atom is 0.379 e. The highest BCUT2D eigenvalue weighted by molar-refractivity contribution is 7.80. The van der Waals surface area contributed by atoms with E-state index in [1.807, 2.05) is 0 Å². The maximum absolute atomic E-state index is 13.6. The average Bonchev–Trinajstić information content (AvgIpc) is 2.36. The van der Waals surface area contributed by atoms with E-state index in [1.54, 1.807) is 0 Å². The van der Waals surface area contributed by atoms with Crippen molar-refractivity contribution in [1.82, 2.24) is 0 Å². The molecule has 0 heterocycles. The van der Waals surface area contributed by atoms with Gasteiger partial charge in [-0.1, -0.05) is 37.4 Å². The molecule has 98 valence electrons. The average molecular weight is 276 g/mol. The summed E-state index contributed by atoms with van der Waals surface area (Å²) in [5.41, 5.74) is 0.641. The van der Waals surface area contributed by atoms with Gasteiger partial charge in [0.15, 0.2) is 0 Å². The van der Waals surface area contributed by atoms with E-state index in [-0.39, 0.29) is 5.56 Å². The summed E-state index contributed by atoms with van der Waals surface area (Å²) < 4.78 is 58.5. The van der Waals surface area contributed by atoms with Crippen LogP contribution >= 0.6 is 0 Å². The van der Waals surface area contributed by atoms with E-state index < -0.39 is 22.5 Å². The first-order valence-electron chi connectivity index (χ1n) is 4.86. The highest BCUT2D eigenvalue weighted by Gasteiger charge is 2.47. The molecule has 0 aliphatic heterocycles. The first-order valence-corrected chi connectivity index (χ1v) is 5.97. The molecule has 0 saturated carbocycles. The van der Waals surface area contributed by atoms with Crippen molar-refractivity contribution in [3.05, 3.63) is 48.0 Å². The Bertz CT molecular complexity index is 500. The SMILES string of the molecule is C=Cc1ccc(C(F)C(F)(F)S(=O)O)cc1C=C. The van der Waals surface area contributed by atoms with Crippen molar-refractivity contribution in [2.75, 3.05) is 0 Å². The number of hydrogen-bond acceptors (Lipinski definition) is 1. The third-order valence-corrected chi connectivity index (χ3v) is 3.04. The molecule has 0 aliphatic carbocycles. The summed E-state index contributed by atoms with van der Waals surface area (Å²) in [6.07, 6.45) is -0.0293. The number of alkyl halides is 3. The highest BCUT2D eigenvalue weighted by Crippen LogP contribution is 2.37. The Morgan fingerprint density at radius 3 is 2.28 bits per heavy atom. The molecule has 0 radical (unpaired) electrons. The summed E-state index contributed by atoms with van der Waals surface area (Å²) >= 11 is -3.58. The summed E-state index contributed by atoms with van der Waals surface area (Å²) in [5.74, 6) is 0. The molecule has 1 rings (SSSR count). The molecule has 6 heteroatoms. The zero-order valence-electron chi connectivity index (χ0n) is 9.28. The molecule has 1 aromatic carbocycles. The van der Waals surface area contributed by atoms with Gasteiger partial charge in [0.25, 0.3) is 0 Å². The van der Waals surface area contributed by atoms with Gasteiger partial charge in [0, 0.05) is 0 Å². The zero-order valence-corrected chi connectivity index (χ0v) is 10.1. The van der Waals surface area contributed by atoms with Crippen LogP contribution in [0, 0.1) is 0 Å². The van der Waals surface area contributed by atoms with Gasteiger partial charge < -0.3 is 4.55 Å². The number of halogens is 3. The van der Waals surface area contributed by atoms with Crippen molar-refractivity contribution in [3.63, 3.8) is 0 Å². The topological polar surface area (TPSA) is 37.3 Å². The Labute approximate surface area is 105 Å². The van der Waals surface area contributed by atoms with E-state index >= 15 is 0 Å². The summed E-state index contributed by atoms with van der Waals surface area (Å²) in [4.78, 5) is 0. The lowest BCUT2D eigenvalue weighted by Crippen LogP contribution is -2.28. The summed E-state index contributed by atoms with van der Waals surface area (Å²) in [6, 6.07) is 3.66. The van der Waals surface area contributed by atoms with Crippen LogP contribution in [0.1, 0.15) is 22.9 Å². The fraction of sp³-hybridized carbons (Fsp3) is 0.167. The number of rotatable bonds is 5. The maximum atomic E-state index is 13.6. The molecule has 1 N–H and O–H groups in total. The molecule has 2 unspecified atom stereocenters. The van der Waals surface area contributed by atoms with Crippen LogP contribution in [0.3, 0.4) is 0 Å². The van der Waals surface area contributed by atoms with Crippen molar-refractivity contribution >= 4 is 23.2 Å². The Kier molecular flexibility index (Phi) is 4.48. The van der Waals surface area contributed by atoms with Gasteiger partial charge in [0.1, 0.15) is 0 Å². The zero-order chi connectivity index (χ0) is 13.9. The van der Waals surface area contributed by atoms with Gasteiger partial charge >= 0.3 is 5.25 Å². The van der Waals surface area contributed by atoms with E-state index in [9.17, 15) is 17.4 Å². The fourth-order valence-electron chi connectivity index (χ4n) is 1.40. The van der Waals surface area contributed by atoms with Gasteiger partial charge in [0.05, 0.1) is 0 Å². The van der Waals surface area contributed by atoms with Crippen LogP contribution in [-0.4, -0.2) is 14.0 Å². The predicted molar refractivity (Wildman–Crippen MR) is 66.2 cm³/mol. The molecule has 0 aromatic heterocycles. The normalized spacial score (nSPS) is 14.9. The van der Waals surface area contributed by atoms with Crippen LogP contribution in [0.2, 0.25) is 0 Å². The fourth-order valence-corrected chi connectivity index (χ4v) is 1.71. The lowest BCUT2D eigenvalue weighted by Gasteiger charge is -2.18. The minimum absolute atomic E-state index is 0.386. The second kappa shape index (κ2) is 5.49. The molecule has 0 spiro atoms. The van der Waals surface area contributed by atoms with Crippen molar-refractivity contribution in [2.45, 2.75) is 11.4 Å². The monoisotopic (exact) mass is 276 g/mol. The largest absolute Gasteiger partial charge is 0.379 e. The van der Waals surface area contributed by atoms with Crippen molar-refractivity contribution in [2.24, 2.45) is 0 Å². The van der Waals surface area contributed by atoms with Gasteiger partial charge in [-0.15, -0.1) is 0 Å². The molecule has 0 aliphatic rings. The van der Waals surface area contributed by atoms with E-state index in [0.29, 0.717) is 11.1 Å². The van der Waals surface area contributed by atoms with Gasteiger partial charge in [-0.3, -0.25) is 0 Å². The van der Waals surface area contributed by atoms with E-state index in [4.69, 9.17) is 4.55 Å². The molecule has 0 saturated heterocycles. The smallest absolute Gasteiger partial charge is 0.301 e. The van der Waals surface area contributed by atoms with Gasteiger partial charge in [-0.05, 0) is 22.8 Å². The van der Waals surface area contributed by atoms with Crippen LogP contribution in [0.15, 0.2) is 31.4 Å². The molecular formula is C12H11F3O2S. The summed E-state index contributed by atoms with van der Waals surface area (Å²) in [6.45, 7) is 6.98. The van der Waals surface area contributed by atoms with E-state index in [0.717, 1.165) is 12.1 Å². The predicted octanol–water partition coefficient (Wildman–Crippen LogP) is 3.80. The molecule has 2 atom stereocenters. The van der Waals surface area contributed by atoms with Crippen molar-refractivity contribution in [1.29, 1.82) is 0 Å². The first kappa shape index (κ1) is 14.7. The van der Waals surface area contributed by atoms with Crippen LogP contribution in [0.5, 0.6) is 0 Å². The second-order valence-corrected chi connectivity index (χ2v) is 4.51. The molecule has 1 aromatic rings. The van der Waals surface area contributed by atoms with Gasteiger partial charge in [0.2, 0.25) is 17.3 Å².